The lowest BCUT2D eigenvalue weighted by Crippen LogP contribution is -2.15. The minimum absolute atomic E-state index is 0.0955. The number of nitrogens with one attached hydrogen (secondary N) is 3. The third-order valence-corrected chi connectivity index (χ3v) is 7.85. The Balaban J connectivity index is 1.93. The van der Waals surface area contributed by atoms with Crippen LogP contribution >= 0.6 is 0 Å². The molecule has 2 aliphatic heterocycles. The fourth-order valence-corrected chi connectivity index (χ4v) is 5.34. The van der Waals surface area contributed by atoms with Crippen molar-refractivity contribution in [3.05, 3.63) is 97.6 Å². The molecule has 5 N–H and O–H groups in total. The molecule has 0 radical (unpaired) electrons. The van der Waals surface area contributed by atoms with Crippen molar-refractivity contribution in [1.82, 2.24) is 15.3 Å². The van der Waals surface area contributed by atoms with Crippen LogP contribution in [0.1, 0.15) is 60.3 Å². The number of allylic oxidation sites excluding steroid dienone is 3. The van der Waals surface area contributed by atoms with Crippen LogP contribution in [0.3, 0.4) is 0 Å². The Bertz CT molecular complexity index is 1860. The van der Waals surface area contributed by atoms with E-state index < -0.39 is 11.9 Å². The van der Waals surface area contributed by atoms with Gasteiger partial charge < -0.3 is 25.5 Å². The number of carboxylic acid groups (broad SMARTS) is 2. The Morgan fingerprint density at radius 1 is 0.767 bits per heavy atom. The second-order valence-corrected chi connectivity index (χ2v) is 10.5. The number of H-pyrrole nitrogens is 2. The highest BCUT2D eigenvalue weighted by Gasteiger charge is 2.23. The van der Waals surface area contributed by atoms with Crippen LogP contribution in [0.5, 0.6) is 0 Å². The normalized spacial score (nSPS) is 16.9. The topological polar surface area (TPSA) is 165 Å². The Morgan fingerprint density at radius 2 is 1.40 bits per heavy atom. The number of carboxylic acids is 2. The van der Waals surface area contributed by atoms with Gasteiger partial charge in [0.2, 0.25) is 0 Å². The number of carbonyl (C=O) groups is 4. The molecule has 0 spiro atoms. The summed E-state index contributed by atoms with van der Waals surface area (Å²) in [5.74, 6) is -2.43. The number of carbonyl (C=O) groups excluding carboxylic acids is 2. The molecule has 2 aliphatic rings. The van der Waals surface area contributed by atoms with Gasteiger partial charge in [0.15, 0.2) is 0 Å². The predicted molar refractivity (Wildman–Crippen MR) is 165 cm³/mol. The van der Waals surface area contributed by atoms with Crippen molar-refractivity contribution in [2.75, 3.05) is 0 Å². The smallest absolute Gasteiger partial charge is 0.303 e. The Kier molecular flexibility index (Phi) is 8.80. The van der Waals surface area contributed by atoms with E-state index in [1.54, 1.807) is 38.2 Å². The number of aromatic nitrogens is 2. The lowest BCUT2D eigenvalue weighted by Gasteiger charge is -2.02. The first-order chi connectivity index (χ1) is 20.4. The summed E-state index contributed by atoms with van der Waals surface area (Å²) in [5.41, 5.74) is 7.92. The number of nitrogens with zero attached hydrogens (tertiary/aromatic N) is 1. The van der Waals surface area contributed by atoms with Crippen molar-refractivity contribution in [1.29, 1.82) is 0 Å². The summed E-state index contributed by atoms with van der Waals surface area (Å²) in [6, 6.07) is 0. The molecule has 222 valence electrons. The zero-order valence-corrected chi connectivity index (χ0v) is 24.6. The summed E-state index contributed by atoms with van der Waals surface area (Å²) in [5, 5.41) is 23.0. The highest BCUT2D eigenvalue weighted by Crippen LogP contribution is 2.27. The molecule has 10 heteroatoms. The van der Waals surface area contributed by atoms with Crippen LogP contribution in [-0.4, -0.2) is 49.6 Å². The van der Waals surface area contributed by atoms with Gasteiger partial charge in [-0.25, -0.2) is 4.99 Å². The Labute approximate surface area is 248 Å². The van der Waals surface area contributed by atoms with Gasteiger partial charge in [-0.1, -0.05) is 25.3 Å². The highest BCUT2D eigenvalue weighted by atomic mass is 16.4. The molecule has 43 heavy (non-hydrogen) atoms. The maximum Gasteiger partial charge on any atom is 0.303 e. The first kappa shape index (κ1) is 30.7. The summed E-state index contributed by atoms with van der Waals surface area (Å²) in [7, 11) is 0. The SMILES string of the molecule is C=CC1=C(C)C(=O)N=C1C=c1[nH]c(=Cc2[nH]c(/C=C3\NC(=O)C(C)=C3C=C)c(C)c2CCC(=O)O)c(CCC(=O)O)c1C. The quantitative estimate of drug-likeness (QED) is 0.273. The summed E-state index contributed by atoms with van der Waals surface area (Å²) in [6.07, 6.45) is 8.88. The predicted octanol–water partition coefficient (Wildman–Crippen LogP) is 3.06. The number of hydrogen-bond acceptors (Lipinski definition) is 4. The van der Waals surface area contributed by atoms with Crippen LogP contribution in [0, 0.1) is 13.8 Å². The average Bonchev–Trinajstić information content (AvgIpc) is 3.59. The molecule has 0 aliphatic carbocycles. The molecule has 0 bridgehead atoms. The van der Waals surface area contributed by atoms with Crippen LogP contribution < -0.4 is 16.0 Å². The van der Waals surface area contributed by atoms with Crippen LogP contribution in [-0.2, 0) is 32.0 Å². The molecule has 2 amide bonds. The van der Waals surface area contributed by atoms with E-state index in [4.69, 9.17) is 0 Å². The molecule has 0 aromatic carbocycles. The van der Waals surface area contributed by atoms with Gasteiger partial charge in [0.1, 0.15) is 0 Å². The van der Waals surface area contributed by atoms with E-state index in [1.165, 1.54) is 0 Å². The molecule has 2 aromatic heterocycles. The largest absolute Gasteiger partial charge is 0.481 e. The molecule has 0 unspecified atom stereocenters. The summed E-state index contributed by atoms with van der Waals surface area (Å²) < 4.78 is 0. The number of amides is 2. The molecule has 0 saturated carbocycles. The zero-order chi connectivity index (χ0) is 31.6. The minimum atomic E-state index is -0.942. The van der Waals surface area contributed by atoms with Crippen molar-refractivity contribution in [2.24, 2.45) is 4.99 Å². The molecule has 4 rings (SSSR count). The molecule has 2 aromatic rings. The highest BCUT2D eigenvalue weighted by molar-refractivity contribution is 6.32. The third kappa shape index (κ3) is 6.18. The Morgan fingerprint density at radius 3 is 2.00 bits per heavy atom. The first-order valence-electron chi connectivity index (χ1n) is 13.8. The van der Waals surface area contributed by atoms with Crippen molar-refractivity contribution >= 4 is 47.7 Å². The number of aromatic amines is 2. The Hall–Kier alpha value is -5.25. The van der Waals surface area contributed by atoms with Gasteiger partial charge in [-0.05, 0) is 81.0 Å². The lowest BCUT2D eigenvalue weighted by molar-refractivity contribution is -0.138. The second kappa shape index (κ2) is 12.3. The summed E-state index contributed by atoms with van der Waals surface area (Å²) in [4.78, 5) is 58.4. The van der Waals surface area contributed by atoms with Gasteiger partial charge in [0.25, 0.3) is 11.8 Å². The fourth-order valence-electron chi connectivity index (χ4n) is 5.34. The van der Waals surface area contributed by atoms with E-state index in [1.807, 2.05) is 19.9 Å². The summed E-state index contributed by atoms with van der Waals surface area (Å²) >= 11 is 0. The van der Waals surface area contributed by atoms with E-state index in [9.17, 15) is 29.4 Å². The van der Waals surface area contributed by atoms with Gasteiger partial charge in [-0.3, -0.25) is 19.2 Å². The van der Waals surface area contributed by atoms with Gasteiger partial charge in [0, 0.05) is 57.2 Å². The zero-order valence-electron chi connectivity index (χ0n) is 24.6. The van der Waals surface area contributed by atoms with Crippen molar-refractivity contribution in [3.8, 4) is 0 Å². The summed E-state index contributed by atoms with van der Waals surface area (Å²) in [6.45, 7) is 14.8. The maximum absolute atomic E-state index is 12.3. The molecule has 0 atom stereocenters. The van der Waals surface area contributed by atoms with E-state index in [0.717, 1.165) is 22.3 Å². The molecule has 10 nitrogen and oxygen atoms in total. The van der Waals surface area contributed by atoms with E-state index in [0.29, 0.717) is 55.8 Å². The van der Waals surface area contributed by atoms with Crippen LogP contribution in [0.25, 0.3) is 18.2 Å². The number of aliphatic carboxylic acids is 2. The van der Waals surface area contributed by atoms with Gasteiger partial charge in [-0.2, -0.15) is 0 Å². The van der Waals surface area contributed by atoms with Crippen molar-refractivity contribution in [2.45, 2.75) is 53.4 Å². The lowest BCUT2D eigenvalue weighted by atomic mass is 10.0. The van der Waals surface area contributed by atoms with Crippen LogP contribution in [0.2, 0.25) is 0 Å². The first-order valence-corrected chi connectivity index (χ1v) is 13.8. The second-order valence-electron chi connectivity index (χ2n) is 10.5. The average molecular weight is 583 g/mol. The number of aliphatic imine (C=N–C) groups is 1. The van der Waals surface area contributed by atoms with Crippen LogP contribution in [0.15, 0.2) is 58.3 Å². The standard InChI is InChI=1S/C33H34N4O6/c1-7-20-18(5)32(42)36-26(20)13-24-16(3)22(9-11-30(38)39)28(34-24)15-29-23(10-12-31(40)41)17(4)25(35-29)14-27-21(8-2)19(6)33(43)37-27/h7-8,13-15,34-35H,1-2,9-12H2,3-6H3,(H,36,42)(H,38,39)(H,40,41)/b25-14?,26-13-,29-15?. The fraction of sp³-hybridized carbons (Fsp3) is 0.242. The van der Waals surface area contributed by atoms with Crippen molar-refractivity contribution < 1.29 is 29.4 Å². The molecule has 0 saturated heterocycles. The van der Waals surface area contributed by atoms with Crippen LogP contribution in [0.4, 0.5) is 0 Å². The monoisotopic (exact) mass is 582 g/mol. The minimum Gasteiger partial charge on any atom is -0.481 e. The molecule has 4 heterocycles. The van der Waals surface area contributed by atoms with E-state index in [2.05, 4.69) is 33.4 Å². The number of hydrogen-bond donors (Lipinski definition) is 5. The molecular weight excluding hydrogens is 548 g/mol. The molecule has 0 fully saturated rings. The van der Waals surface area contributed by atoms with Gasteiger partial charge >= 0.3 is 11.9 Å². The number of rotatable bonds is 11. The van der Waals surface area contributed by atoms with E-state index in [-0.39, 0.29) is 37.5 Å². The molecular formula is C33H34N4O6. The van der Waals surface area contributed by atoms with Crippen molar-refractivity contribution in [3.63, 3.8) is 0 Å². The maximum atomic E-state index is 12.3. The van der Waals surface area contributed by atoms with E-state index >= 15 is 0 Å². The van der Waals surface area contributed by atoms with Gasteiger partial charge in [0.05, 0.1) is 11.4 Å². The third-order valence-electron chi connectivity index (χ3n) is 7.85. The van der Waals surface area contributed by atoms with Gasteiger partial charge in [-0.15, -0.1) is 0 Å².